The minimum absolute atomic E-state index is 0.521. The van der Waals surface area contributed by atoms with Gasteiger partial charge in [-0.05, 0) is 18.0 Å². The van der Waals surface area contributed by atoms with Crippen molar-refractivity contribution in [2.75, 3.05) is 0 Å². The van der Waals surface area contributed by atoms with Crippen LogP contribution in [-0.2, 0) is 0 Å². The Labute approximate surface area is 91.1 Å². The third kappa shape index (κ3) is 2.56. The molecule has 1 aromatic heterocycles. The van der Waals surface area contributed by atoms with Crippen molar-refractivity contribution in [3.05, 3.63) is 9.39 Å². The molecule has 1 unspecified atom stereocenters. The van der Waals surface area contributed by atoms with Crippen molar-refractivity contribution in [1.29, 1.82) is 5.26 Å². The maximum Gasteiger partial charge on any atom is 0.127 e. The average Bonchev–Trinajstić information content (AvgIpc) is 2.46. The van der Waals surface area contributed by atoms with Gasteiger partial charge in [0.05, 0.1) is 0 Å². The summed E-state index contributed by atoms with van der Waals surface area (Å²) in [6.07, 6.45) is 1.09. The van der Waals surface area contributed by atoms with Crippen molar-refractivity contribution in [3.63, 3.8) is 0 Å². The number of nitrogens with zero attached hydrogens (tertiary/aromatic N) is 1. The van der Waals surface area contributed by atoms with E-state index in [4.69, 9.17) is 17.5 Å². The van der Waals surface area contributed by atoms with Gasteiger partial charge in [0.15, 0.2) is 0 Å². The van der Waals surface area contributed by atoms with Gasteiger partial charge in [-0.1, -0.05) is 26.1 Å². The molecule has 0 amide bonds. The summed E-state index contributed by atoms with van der Waals surface area (Å²) >= 11 is 8.05. The van der Waals surface area contributed by atoms with E-state index in [2.05, 4.69) is 24.3 Å². The molecule has 0 spiro atoms. The van der Waals surface area contributed by atoms with Gasteiger partial charge >= 0.3 is 0 Å². The summed E-state index contributed by atoms with van der Waals surface area (Å²) in [6, 6.07) is 2.13. The van der Waals surface area contributed by atoms with Crippen molar-refractivity contribution in [2.24, 2.45) is 0 Å². The highest BCUT2D eigenvalue weighted by Crippen LogP contribution is 2.28. The van der Waals surface area contributed by atoms with E-state index in [9.17, 15) is 0 Å². The topological polar surface area (TPSA) is 39.6 Å². The lowest BCUT2D eigenvalue weighted by atomic mass is 10.4. The summed E-state index contributed by atoms with van der Waals surface area (Å²) in [5.41, 5.74) is 0.630. The molecule has 0 saturated heterocycles. The molecular weight excluding hydrogens is 220 g/mol. The van der Waals surface area contributed by atoms with Crippen LogP contribution in [0.15, 0.2) is 5.03 Å². The van der Waals surface area contributed by atoms with Crippen LogP contribution in [0.1, 0.15) is 25.8 Å². The van der Waals surface area contributed by atoms with Crippen LogP contribution >= 0.6 is 35.5 Å². The second-order valence-corrected chi connectivity index (χ2v) is 5.58. The molecule has 0 bridgehead atoms. The first-order chi connectivity index (χ1) is 6.19. The van der Waals surface area contributed by atoms with Crippen molar-refractivity contribution >= 4 is 35.5 Å². The summed E-state index contributed by atoms with van der Waals surface area (Å²) in [4.78, 5) is 0. The Balaban J connectivity index is 2.90. The Morgan fingerprint density at radius 1 is 1.77 bits per heavy atom. The van der Waals surface area contributed by atoms with Crippen molar-refractivity contribution in [1.82, 2.24) is 4.37 Å². The lowest BCUT2D eigenvalue weighted by Crippen LogP contribution is -1.92. The largest absolute Gasteiger partial charge is 0.303 e. The molecule has 2 nitrogen and oxygen atoms in total. The Hall–Kier alpha value is -0.310. The molecule has 1 atom stereocenters. The molecule has 1 N–H and O–H groups in total. The van der Waals surface area contributed by atoms with Gasteiger partial charge in [-0.25, -0.2) is 0 Å². The number of rotatable bonds is 3. The molecule has 70 valence electrons. The van der Waals surface area contributed by atoms with Crippen LogP contribution in [0.25, 0.3) is 0 Å². The van der Waals surface area contributed by atoms with Gasteiger partial charge in [-0.3, -0.25) is 0 Å². The second kappa shape index (κ2) is 4.80. The number of hydrogen-bond acceptors (Lipinski definition) is 4. The molecule has 1 rings (SSSR count). The van der Waals surface area contributed by atoms with Crippen LogP contribution in [0.5, 0.6) is 0 Å². The van der Waals surface area contributed by atoms with Crippen LogP contribution in [0.4, 0.5) is 0 Å². The third-order valence-corrected chi connectivity index (χ3v) is 4.23. The molecule has 1 heterocycles. The molecule has 5 heteroatoms. The van der Waals surface area contributed by atoms with E-state index in [1.165, 1.54) is 11.5 Å². The monoisotopic (exact) mass is 230 g/mol. The maximum atomic E-state index is 8.83. The predicted molar refractivity (Wildman–Crippen MR) is 59.8 cm³/mol. The zero-order valence-electron chi connectivity index (χ0n) is 7.46. The average molecular weight is 230 g/mol. The first-order valence-electron chi connectivity index (χ1n) is 3.97. The van der Waals surface area contributed by atoms with Gasteiger partial charge < -0.3 is 4.37 Å². The quantitative estimate of drug-likeness (QED) is 0.637. The highest BCUT2D eigenvalue weighted by Gasteiger charge is 2.10. The molecule has 0 aliphatic heterocycles. The summed E-state index contributed by atoms with van der Waals surface area (Å²) in [5, 5.41) is 10.3. The lowest BCUT2D eigenvalue weighted by molar-refractivity contribution is 0.903. The molecule has 0 fully saturated rings. The predicted octanol–water partition coefficient (Wildman–Crippen LogP) is 3.57. The number of aromatic amines is 1. The van der Waals surface area contributed by atoms with Crippen LogP contribution < -0.4 is 0 Å². The number of H-pyrrole nitrogens is 1. The van der Waals surface area contributed by atoms with Crippen LogP contribution in [0, 0.1) is 15.2 Å². The Morgan fingerprint density at radius 3 is 3.00 bits per heavy atom. The van der Waals surface area contributed by atoms with Crippen LogP contribution in [0.3, 0.4) is 0 Å². The normalized spacial score (nSPS) is 12.4. The Kier molecular flexibility index (Phi) is 3.97. The lowest BCUT2D eigenvalue weighted by Gasteiger charge is -2.04. The fraction of sp³-hybridized carbons (Fsp3) is 0.500. The van der Waals surface area contributed by atoms with E-state index < -0.39 is 0 Å². The highest BCUT2D eigenvalue weighted by molar-refractivity contribution is 8.00. The van der Waals surface area contributed by atoms with Crippen molar-refractivity contribution < 1.29 is 0 Å². The number of nitrogens with one attached hydrogen (secondary N) is 1. The standard InChI is InChI=1S/C8H10N2S3/c1-3-5(2)12-7-6(4-9)8(11)13-10-7/h5,10H,3H2,1-2H3. The van der Waals surface area contributed by atoms with Gasteiger partial charge in [0.25, 0.3) is 0 Å². The number of aromatic nitrogens is 1. The van der Waals surface area contributed by atoms with Crippen molar-refractivity contribution in [3.8, 4) is 6.07 Å². The summed E-state index contributed by atoms with van der Waals surface area (Å²) in [7, 11) is 0. The van der Waals surface area contributed by atoms with Gasteiger partial charge in [-0.15, -0.1) is 11.8 Å². The number of thioether (sulfide) groups is 1. The SMILES string of the molecule is CCC(C)Sc1[nH]sc(=S)c1C#N. The smallest absolute Gasteiger partial charge is 0.127 e. The third-order valence-electron chi connectivity index (χ3n) is 1.67. The van der Waals surface area contributed by atoms with E-state index in [0.29, 0.717) is 14.6 Å². The first-order valence-corrected chi connectivity index (χ1v) is 6.07. The fourth-order valence-electron chi connectivity index (χ4n) is 0.751. The van der Waals surface area contributed by atoms with Gasteiger partial charge in [0.1, 0.15) is 20.5 Å². The fourth-order valence-corrected chi connectivity index (χ4v) is 2.84. The molecule has 0 aliphatic rings. The zero-order chi connectivity index (χ0) is 9.84. The molecule has 0 aliphatic carbocycles. The van der Waals surface area contributed by atoms with Gasteiger partial charge in [0.2, 0.25) is 0 Å². The minimum atomic E-state index is 0.521. The maximum absolute atomic E-state index is 8.83. The Morgan fingerprint density at radius 2 is 2.46 bits per heavy atom. The highest BCUT2D eigenvalue weighted by atomic mass is 32.2. The van der Waals surface area contributed by atoms with Crippen molar-refractivity contribution in [2.45, 2.75) is 30.5 Å². The van der Waals surface area contributed by atoms with E-state index in [1.54, 1.807) is 11.8 Å². The Bertz CT molecular complexity index is 371. The number of nitriles is 1. The van der Waals surface area contributed by atoms with Gasteiger partial charge in [0, 0.05) is 5.25 Å². The molecule has 13 heavy (non-hydrogen) atoms. The molecular formula is C8H10N2S3. The van der Waals surface area contributed by atoms with Crippen LogP contribution in [-0.4, -0.2) is 9.62 Å². The summed E-state index contributed by atoms with van der Waals surface area (Å²) < 4.78 is 3.73. The van der Waals surface area contributed by atoms with E-state index in [-0.39, 0.29) is 0 Å². The second-order valence-electron chi connectivity index (χ2n) is 2.64. The summed E-state index contributed by atoms with van der Waals surface area (Å²) in [6.45, 7) is 4.27. The molecule has 0 radical (unpaired) electrons. The van der Waals surface area contributed by atoms with Gasteiger partial charge in [-0.2, -0.15) is 5.26 Å². The van der Waals surface area contributed by atoms with E-state index in [1.807, 2.05) is 0 Å². The summed E-state index contributed by atoms with van der Waals surface area (Å²) in [5.74, 6) is 0. The zero-order valence-corrected chi connectivity index (χ0v) is 9.91. The first kappa shape index (κ1) is 10.8. The number of hydrogen-bond donors (Lipinski definition) is 1. The van der Waals surface area contributed by atoms with E-state index in [0.717, 1.165) is 11.4 Å². The van der Waals surface area contributed by atoms with Crippen LogP contribution in [0.2, 0.25) is 0 Å². The molecule has 1 aromatic rings. The molecule has 0 saturated carbocycles. The minimum Gasteiger partial charge on any atom is -0.303 e. The molecule has 0 aromatic carbocycles. The van der Waals surface area contributed by atoms with E-state index >= 15 is 0 Å².